The summed E-state index contributed by atoms with van der Waals surface area (Å²) in [5, 5.41) is 7.82. The fourth-order valence-electron chi connectivity index (χ4n) is 2.41. The number of carbonyl (C=O) groups is 3. The summed E-state index contributed by atoms with van der Waals surface area (Å²) in [6, 6.07) is 2.30. The number of nitrogens with one attached hydrogen (secondary N) is 1. The van der Waals surface area contributed by atoms with Crippen LogP contribution in [0.3, 0.4) is 0 Å². The van der Waals surface area contributed by atoms with Gasteiger partial charge in [-0.25, -0.2) is 9.69 Å². The molecule has 0 aromatic carbocycles. The lowest BCUT2D eigenvalue weighted by Gasteiger charge is -2.15. The summed E-state index contributed by atoms with van der Waals surface area (Å²) in [6.07, 6.45) is 2.91. The van der Waals surface area contributed by atoms with E-state index in [9.17, 15) is 14.4 Å². The molecular formula is C14H12N4O4. The van der Waals surface area contributed by atoms with Crippen LogP contribution in [0.2, 0.25) is 0 Å². The number of amides is 2. The zero-order chi connectivity index (χ0) is 16.0. The molecule has 1 fully saturated rings. The van der Waals surface area contributed by atoms with Crippen molar-refractivity contribution < 1.29 is 19.1 Å². The third kappa shape index (κ3) is 1.88. The third-order valence-corrected chi connectivity index (χ3v) is 3.52. The summed E-state index contributed by atoms with van der Waals surface area (Å²) < 4.78 is 5.13. The highest BCUT2D eigenvalue weighted by atomic mass is 16.5. The monoisotopic (exact) mass is 300 g/mol. The van der Waals surface area contributed by atoms with Gasteiger partial charge in [-0.1, -0.05) is 0 Å². The summed E-state index contributed by atoms with van der Waals surface area (Å²) in [4.78, 5) is 41.7. The summed E-state index contributed by atoms with van der Waals surface area (Å²) in [5.74, 6) is -1.70. The van der Waals surface area contributed by atoms with Gasteiger partial charge in [0.25, 0.3) is 5.91 Å². The number of fused-ring (bicyclic) bond motifs is 1. The Balaban J connectivity index is 2.00. The van der Waals surface area contributed by atoms with Gasteiger partial charge in [-0.05, 0) is 18.2 Å². The molecule has 0 saturated carbocycles. The van der Waals surface area contributed by atoms with Crippen molar-refractivity contribution in [1.82, 2.24) is 14.8 Å². The lowest BCUT2D eigenvalue weighted by molar-refractivity contribution is -0.137. The first-order valence-corrected chi connectivity index (χ1v) is 6.47. The van der Waals surface area contributed by atoms with Crippen LogP contribution in [0.25, 0.3) is 5.76 Å². The Morgan fingerprint density at radius 3 is 2.82 bits per heavy atom. The van der Waals surface area contributed by atoms with Crippen molar-refractivity contribution in [3.05, 3.63) is 35.7 Å². The molecule has 1 N–H and O–H groups in total. The highest BCUT2D eigenvalue weighted by Crippen LogP contribution is 2.29. The number of rotatable bonds is 1. The van der Waals surface area contributed by atoms with E-state index in [0.717, 1.165) is 4.90 Å². The Morgan fingerprint density at radius 2 is 2.18 bits per heavy atom. The van der Waals surface area contributed by atoms with Crippen LogP contribution in [0.4, 0.5) is 0 Å². The van der Waals surface area contributed by atoms with E-state index < -0.39 is 23.8 Å². The molecule has 0 bridgehead atoms. The van der Waals surface area contributed by atoms with E-state index in [4.69, 9.17) is 10.1 Å². The number of carbonyl (C=O) groups excluding carboxylic acids is 3. The Labute approximate surface area is 125 Å². The average Bonchev–Trinajstić information content (AvgIpc) is 2.90. The summed E-state index contributed by atoms with van der Waals surface area (Å²) in [7, 11) is 1.51. The van der Waals surface area contributed by atoms with Crippen LogP contribution in [0.1, 0.15) is 23.0 Å². The minimum Gasteiger partial charge on any atom is -0.421 e. The Morgan fingerprint density at radius 1 is 1.45 bits per heavy atom. The van der Waals surface area contributed by atoms with E-state index in [0.29, 0.717) is 11.3 Å². The maximum atomic E-state index is 12.3. The van der Waals surface area contributed by atoms with Crippen LogP contribution in [-0.2, 0) is 14.3 Å². The van der Waals surface area contributed by atoms with Crippen LogP contribution < -0.4 is 0 Å². The molecule has 112 valence electrons. The van der Waals surface area contributed by atoms with Gasteiger partial charge in [0.2, 0.25) is 11.9 Å². The van der Waals surface area contributed by atoms with Gasteiger partial charge in [0, 0.05) is 20.2 Å². The second-order valence-electron chi connectivity index (χ2n) is 4.89. The molecule has 0 spiro atoms. The third-order valence-electron chi connectivity index (χ3n) is 3.52. The number of aromatic nitrogens is 1. The van der Waals surface area contributed by atoms with Crippen molar-refractivity contribution in [2.24, 2.45) is 0 Å². The molecule has 22 heavy (non-hydrogen) atoms. The molecule has 8 nitrogen and oxygen atoms in total. The van der Waals surface area contributed by atoms with Gasteiger partial charge in [-0.15, -0.1) is 0 Å². The van der Waals surface area contributed by atoms with Crippen LogP contribution in [0, 0.1) is 5.41 Å². The van der Waals surface area contributed by atoms with E-state index >= 15 is 0 Å². The number of ether oxygens (including phenoxy) is 1. The Bertz CT molecular complexity index is 755. The Hall–Kier alpha value is -3.03. The van der Waals surface area contributed by atoms with Crippen LogP contribution in [0.15, 0.2) is 24.4 Å². The predicted octanol–water partition coefficient (Wildman–Crippen LogP) is 0.217. The SMILES string of the molecule is CC(=O)N1C(=N)N(C)C(/C=C2\OC(=O)c3cccnc32)C1=O. The number of guanidine groups is 1. The zero-order valence-corrected chi connectivity index (χ0v) is 11.9. The topological polar surface area (TPSA) is 104 Å². The van der Waals surface area contributed by atoms with Crippen molar-refractivity contribution in [1.29, 1.82) is 5.41 Å². The predicted molar refractivity (Wildman–Crippen MR) is 74.4 cm³/mol. The lowest BCUT2D eigenvalue weighted by atomic mass is 10.1. The molecule has 3 heterocycles. The smallest absolute Gasteiger partial charge is 0.345 e. The van der Waals surface area contributed by atoms with Crippen molar-refractivity contribution in [3.8, 4) is 0 Å². The van der Waals surface area contributed by atoms with Crippen LogP contribution >= 0.6 is 0 Å². The summed E-state index contributed by atoms with van der Waals surface area (Å²) in [5.41, 5.74) is 0.668. The summed E-state index contributed by atoms with van der Waals surface area (Å²) >= 11 is 0. The first-order chi connectivity index (χ1) is 10.4. The maximum Gasteiger partial charge on any atom is 0.345 e. The van der Waals surface area contributed by atoms with Crippen molar-refractivity contribution in [2.45, 2.75) is 13.0 Å². The molecule has 1 aromatic heterocycles. The van der Waals surface area contributed by atoms with Crippen LogP contribution in [0.5, 0.6) is 0 Å². The lowest BCUT2D eigenvalue weighted by Crippen LogP contribution is -2.36. The number of imide groups is 1. The van der Waals surface area contributed by atoms with Gasteiger partial charge in [0.15, 0.2) is 5.76 Å². The molecule has 2 aliphatic heterocycles. The van der Waals surface area contributed by atoms with E-state index in [1.807, 2.05) is 0 Å². The fourth-order valence-corrected chi connectivity index (χ4v) is 2.41. The van der Waals surface area contributed by atoms with Gasteiger partial charge in [-0.3, -0.25) is 20.0 Å². The minimum atomic E-state index is -0.896. The Kier molecular flexibility index (Phi) is 3.01. The van der Waals surface area contributed by atoms with E-state index in [-0.39, 0.29) is 11.7 Å². The molecule has 2 aliphatic rings. The number of nitrogens with zero attached hydrogens (tertiary/aromatic N) is 3. The van der Waals surface area contributed by atoms with Crippen molar-refractivity contribution in [3.63, 3.8) is 0 Å². The fraction of sp³-hybridized carbons (Fsp3) is 0.214. The van der Waals surface area contributed by atoms with Crippen LogP contribution in [-0.4, -0.2) is 51.6 Å². The molecule has 1 unspecified atom stereocenters. The number of hydrogen-bond acceptors (Lipinski definition) is 6. The van der Waals surface area contributed by atoms with E-state index in [2.05, 4.69) is 4.98 Å². The standard InChI is InChI=1S/C14H12N4O4/c1-7(19)18-12(20)9(17(2)14(18)15)6-10-11-8(13(21)22-10)4-3-5-16-11/h3-6,9,15H,1-2H3/b10-6-,15-14?. The molecule has 1 atom stereocenters. The van der Waals surface area contributed by atoms with Gasteiger partial charge < -0.3 is 9.64 Å². The zero-order valence-electron chi connectivity index (χ0n) is 11.9. The first-order valence-electron chi connectivity index (χ1n) is 6.47. The second kappa shape index (κ2) is 4.76. The van der Waals surface area contributed by atoms with E-state index in [1.165, 1.54) is 31.1 Å². The molecule has 3 rings (SSSR count). The molecule has 8 heteroatoms. The van der Waals surface area contributed by atoms with Gasteiger partial charge in [0.05, 0.1) is 5.56 Å². The second-order valence-corrected chi connectivity index (χ2v) is 4.89. The highest BCUT2D eigenvalue weighted by Gasteiger charge is 2.43. The molecule has 1 saturated heterocycles. The van der Waals surface area contributed by atoms with E-state index in [1.54, 1.807) is 12.1 Å². The van der Waals surface area contributed by atoms with Crippen molar-refractivity contribution in [2.75, 3.05) is 7.05 Å². The maximum absolute atomic E-state index is 12.3. The van der Waals surface area contributed by atoms with Gasteiger partial charge in [-0.2, -0.15) is 0 Å². The van der Waals surface area contributed by atoms with Gasteiger partial charge >= 0.3 is 5.97 Å². The molecule has 2 amide bonds. The molecule has 1 aromatic rings. The molecule has 0 radical (unpaired) electrons. The average molecular weight is 300 g/mol. The molecular weight excluding hydrogens is 288 g/mol. The number of hydrogen-bond donors (Lipinski definition) is 1. The minimum absolute atomic E-state index is 0.156. The number of pyridine rings is 1. The van der Waals surface area contributed by atoms with Gasteiger partial charge in [0.1, 0.15) is 11.7 Å². The number of likely N-dealkylation sites (N-methyl/N-ethyl adjacent to an activating group) is 1. The molecule has 0 aliphatic carbocycles. The quantitative estimate of drug-likeness (QED) is 0.744. The highest BCUT2D eigenvalue weighted by molar-refractivity contribution is 6.17. The summed E-state index contributed by atoms with van der Waals surface area (Å²) in [6.45, 7) is 1.21. The number of cyclic esters (lactones) is 1. The first kappa shape index (κ1) is 13.9. The number of esters is 1. The van der Waals surface area contributed by atoms with Crippen molar-refractivity contribution >= 4 is 29.5 Å². The normalized spacial score (nSPS) is 22.4. The largest absolute Gasteiger partial charge is 0.421 e.